The van der Waals surface area contributed by atoms with Crippen LogP contribution in [0.4, 0.5) is 0 Å². The predicted octanol–water partition coefficient (Wildman–Crippen LogP) is 2.25. The van der Waals surface area contributed by atoms with Crippen molar-refractivity contribution < 1.29 is 29.7 Å². The third kappa shape index (κ3) is 8.99. The summed E-state index contributed by atoms with van der Waals surface area (Å²) in [6.07, 6.45) is 2.24. The molecular formula is C21H31NO6. The molecule has 0 spiro atoms. The lowest BCUT2D eigenvalue weighted by Crippen LogP contribution is -2.44. The van der Waals surface area contributed by atoms with Crippen molar-refractivity contribution in [1.29, 1.82) is 0 Å². The molecule has 0 heterocycles. The minimum atomic E-state index is -1.11. The van der Waals surface area contributed by atoms with Crippen LogP contribution in [-0.4, -0.2) is 45.8 Å². The number of carbonyl (C=O) groups is 3. The molecule has 0 aromatic heterocycles. The molecule has 0 aliphatic carbocycles. The number of aliphatic hydroxyl groups is 1. The fourth-order valence-electron chi connectivity index (χ4n) is 3.07. The first-order valence-corrected chi connectivity index (χ1v) is 9.66. The Hall–Kier alpha value is -2.41. The van der Waals surface area contributed by atoms with Gasteiger partial charge in [0.25, 0.3) is 0 Å². The Morgan fingerprint density at radius 1 is 1.00 bits per heavy atom. The molecule has 0 aliphatic heterocycles. The summed E-state index contributed by atoms with van der Waals surface area (Å²) in [5.41, 5.74) is 2.11. The van der Waals surface area contributed by atoms with Gasteiger partial charge in [-0.1, -0.05) is 38.1 Å². The molecule has 0 unspecified atom stereocenters. The molecule has 7 nitrogen and oxygen atoms in total. The first-order valence-electron chi connectivity index (χ1n) is 9.66. The van der Waals surface area contributed by atoms with E-state index >= 15 is 0 Å². The van der Waals surface area contributed by atoms with Gasteiger partial charge in [-0.2, -0.15) is 0 Å². The number of carbonyl (C=O) groups excluding carboxylic acids is 1. The number of hydrogen-bond acceptors (Lipinski definition) is 4. The standard InChI is InChI=1S/C21H31NO6/c1-14(2)12-18(21(27)28)22-20(26)17(13-19(24)25)5-3-4-15-6-8-16(9-7-15)10-11-23/h6-9,14,17-18,23H,3-5,10-13H2,1-2H3,(H,22,26)(H,24,25)(H,27,28)/t17-,18+/m1/s1. The zero-order valence-electron chi connectivity index (χ0n) is 16.6. The van der Waals surface area contributed by atoms with Gasteiger partial charge in [0.1, 0.15) is 6.04 Å². The molecule has 0 saturated heterocycles. The molecule has 0 bridgehead atoms. The monoisotopic (exact) mass is 393 g/mol. The Morgan fingerprint density at radius 3 is 2.04 bits per heavy atom. The molecule has 2 atom stereocenters. The van der Waals surface area contributed by atoms with Crippen LogP contribution < -0.4 is 5.32 Å². The fourth-order valence-corrected chi connectivity index (χ4v) is 3.07. The highest BCUT2D eigenvalue weighted by Crippen LogP contribution is 2.17. The van der Waals surface area contributed by atoms with Gasteiger partial charge >= 0.3 is 11.9 Å². The van der Waals surface area contributed by atoms with Crippen molar-refractivity contribution in [2.45, 2.75) is 58.4 Å². The maximum Gasteiger partial charge on any atom is 0.326 e. The number of benzene rings is 1. The summed E-state index contributed by atoms with van der Waals surface area (Å²) in [5.74, 6) is -3.38. The van der Waals surface area contributed by atoms with Gasteiger partial charge in [-0.25, -0.2) is 4.79 Å². The van der Waals surface area contributed by atoms with Crippen LogP contribution in [0, 0.1) is 11.8 Å². The van der Waals surface area contributed by atoms with Crippen LogP contribution in [0.5, 0.6) is 0 Å². The van der Waals surface area contributed by atoms with E-state index in [0.29, 0.717) is 32.1 Å². The zero-order chi connectivity index (χ0) is 21.1. The quantitative estimate of drug-likeness (QED) is 0.407. The van der Waals surface area contributed by atoms with Crippen LogP contribution in [0.3, 0.4) is 0 Å². The number of aliphatic hydroxyl groups excluding tert-OH is 1. The van der Waals surface area contributed by atoms with E-state index in [4.69, 9.17) is 10.2 Å². The lowest BCUT2D eigenvalue weighted by Gasteiger charge is -2.20. The SMILES string of the molecule is CC(C)C[C@H](NC(=O)[C@H](CCCc1ccc(CCO)cc1)CC(=O)O)C(=O)O. The summed E-state index contributed by atoms with van der Waals surface area (Å²) in [6.45, 7) is 3.82. The van der Waals surface area contributed by atoms with Gasteiger partial charge < -0.3 is 20.6 Å². The van der Waals surface area contributed by atoms with Gasteiger partial charge in [-0.05, 0) is 49.1 Å². The number of aliphatic carboxylic acids is 2. The van der Waals surface area contributed by atoms with Crippen molar-refractivity contribution >= 4 is 17.8 Å². The van der Waals surface area contributed by atoms with E-state index < -0.39 is 29.8 Å². The third-order valence-electron chi connectivity index (χ3n) is 4.55. The van der Waals surface area contributed by atoms with E-state index in [1.54, 1.807) is 0 Å². The highest BCUT2D eigenvalue weighted by Gasteiger charge is 2.27. The van der Waals surface area contributed by atoms with Crippen molar-refractivity contribution in [2.24, 2.45) is 11.8 Å². The maximum atomic E-state index is 12.5. The lowest BCUT2D eigenvalue weighted by atomic mass is 9.94. The largest absolute Gasteiger partial charge is 0.481 e. The molecule has 156 valence electrons. The molecule has 28 heavy (non-hydrogen) atoms. The number of aryl methyl sites for hydroxylation is 1. The van der Waals surface area contributed by atoms with Crippen molar-refractivity contribution in [2.75, 3.05) is 6.61 Å². The van der Waals surface area contributed by atoms with Gasteiger partial charge in [0, 0.05) is 12.5 Å². The Labute approximate surface area is 165 Å². The minimum Gasteiger partial charge on any atom is -0.481 e. The molecule has 0 radical (unpaired) electrons. The number of carboxylic acids is 2. The Kier molecular flexibility index (Phi) is 10.2. The topological polar surface area (TPSA) is 124 Å². The smallest absolute Gasteiger partial charge is 0.326 e. The van der Waals surface area contributed by atoms with Crippen molar-refractivity contribution in [3.63, 3.8) is 0 Å². The van der Waals surface area contributed by atoms with Crippen molar-refractivity contribution in [3.8, 4) is 0 Å². The normalized spacial score (nSPS) is 13.1. The molecule has 1 aromatic carbocycles. The molecule has 1 aromatic rings. The average Bonchev–Trinajstić information content (AvgIpc) is 2.61. The highest BCUT2D eigenvalue weighted by molar-refractivity contribution is 5.87. The van der Waals surface area contributed by atoms with Gasteiger partial charge in [-0.15, -0.1) is 0 Å². The van der Waals surface area contributed by atoms with Gasteiger partial charge in [0.15, 0.2) is 0 Å². The van der Waals surface area contributed by atoms with Crippen LogP contribution in [0.2, 0.25) is 0 Å². The van der Waals surface area contributed by atoms with E-state index in [1.165, 1.54) is 0 Å². The number of amides is 1. The van der Waals surface area contributed by atoms with Crippen LogP contribution >= 0.6 is 0 Å². The van der Waals surface area contributed by atoms with E-state index in [0.717, 1.165) is 11.1 Å². The number of rotatable bonds is 13. The molecule has 0 aliphatic rings. The van der Waals surface area contributed by atoms with E-state index in [-0.39, 0.29) is 18.9 Å². The predicted molar refractivity (Wildman–Crippen MR) is 105 cm³/mol. The second kappa shape index (κ2) is 12.1. The van der Waals surface area contributed by atoms with Crippen LogP contribution in [0.1, 0.15) is 50.7 Å². The van der Waals surface area contributed by atoms with Crippen molar-refractivity contribution in [1.82, 2.24) is 5.32 Å². The Morgan fingerprint density at radius 2 is 1.57 bits per heavy atom. The summed E-state index contributed by atoms with van der Waals surface area (Å²) in [6, 6.07) is 6.79. The number of carboxylic acid groups (broad SMARTS) is 2. The molecule has 1 amide bonds. The summed E-state index contributed by atoms with van der Waals surface area (Å²) in [4.78, 5) is 34.9. The minimum absolute atomic E-state index is 0.0909. The fraction of sp³-hybridized carbons (Fsp3) is 0.571. The van der Waals surface area contributed by atoms with Gasteiger partial charge in [-0.3, -0.25) is 9.59 Å². The van der Waals surface area contributed by atoms with E-state index in [1.807, 2.05) is 38.1 Å². The van der Waals surface area contributed by atoms with Gasteiger partial charge in [0.05, 0.1) is 6.42 Å². The van der Waals surface area contributed by atoms with Crippen molar-refractivity contribution in [3.05, 3.63) is 35.4 Å². The summed E-state index contributed by atoms with van der Waals surface area (Å²) in [7, 11) is 0. The molecule has 1 rings (SSSR count). The zero-order valence-corrected chi connectivity index (χ0v) is 16.6. The Bertz CT molecular complexity index is 641. The van der Waals surface area contributed by atoms with E-state index in [9.17, 15) is 19.5 Å². The second-order valence-corrected chi connectivity index (χ2v) is 7.51. The van der Waals surface area contributed by atoms with Crippen LogP contribution in [0.15, 0.2) is 24.3 Å². The van der Waals surface area contributed by atoms with Crippen LogP contribution in [-0.2, 0) is 27.2 Å². The summed E-state index contributed by atoms with van der Waals surface area (Å²) in [5, 5.41) is 29.8. The summed E-state index contributed by atoms with van der Waals surface area (Å²) < 4.78 is 0. The van der Waals surface area contributed by atoms with E-state index in [2.05, 4.69) is 5.32 Å². The maximum absolute atomic E-state index is 12.5. The summed E-state index contributed by atoms with van der Waals surface area (Å²) >= 11 is 0. The lowest BCUT2D eigenvalue weighted by molar-refractivity contribution is -0.144. The number of hydrogen-bond donors (Lipinski definition) is 4. The number of nitrogens with one attached hydrogen (secondary N) is 1. The Balaban J connectivity index is 2.64. The second-order valence-electron chi connectivity index (χ2n) is 7.51. The molecule has 7 heteroatoms. The molecule has 4 N–H and O–H groups in total. The first kappa shape index (κ1) is 23.6. The first-order chi connectivity index (χ1) is 13.2. The third-order valence-corrected chi connectivity index (χ3v) is 4.55. The van der Waals surface area contributed by atoms with Gasteiger partial charge in [0.2, 0.25) is 5.91 Å². The molecule has 0 fully saturated rings. The molecular weight excluding hydrogens is 362 g/mol. The molecule has 0 saturated carbocycles. The average molecular weight is 393 g/mol. The van der Waals surface area contributed by atoms with Crippen LogP contribution in [0.25, 0.3) is 0 Å². The highest BCUT2D eigenvalue weighted by atomic mass is 16.4.